The van der Waals surface area contributed by atoms with Crippen LogP contribution in [0.4, 0.5) is 11.4 Å². The summed E-state index contributed by atoms with van der Waals surface area (Å²) in [6.07, 6.45) is 1.06. The number of benzene rings is 1. The first-order valence-corrected chi connectivity index (χ1v) is 6.81. The molecule has 17 heavy (non-hydrogen) atoms. The number of nitrogens with two attached hydrogens (primary N) is 1. The minimum absolute atomic E-state index is 0.594. The van der Waals surface area contributed by atoms with E-state index in [1.165, 1.54) is 10.4 Å². The van der Waals surface area contributed by atoms with Crippen LogP contribution in [-0.4, -0.2) is 0 Å². The molecule has 1 aromatic heterocycles. The highest BCUT2D eigenvalue weighted by Crippen LogP contribution is 2.28. The van der Waals surface area contributed by atoms with Crippen molar-refractivity contribution in [2.75, 3.05) is 11.1 Å². The summed E-state index contributed by atoms with van der Waals surface area (Å²) in [7, 11) is 0. The number of nitrogens with one attached hydrogen (secondary N) is 1. The molecule has 0 unspecified atom stereocenters. The van der Waals surface area contributed by atoms with Gasteiger partial charge in [0.1, 0.15) is 0 Å². The zero-order valence-corrected chi connectivity index (χ0v) is 11.2. The number of aryl methyl sites for hydroxylation is 1. The first kappa shape index (κ1) is 12.3. The fourth-order valence-electron chi connectivity index (χ4n) is 1.70. The molecule has 0 atom stereocenters. The highest BCUT2D eigenvalue weighted by atomic mass is 35.5. The second kappa shape index (κ2) is 5.43. The lowest BCUT2D eigenvalue weighted by Crippen LogP contribution is -2.02. The van der Waals surface area contributed by atoms with Gasteiger partial charge in [0.15, 0.2) is 0 Å². The predicted octanol–water partition coefficient (Wildman–Crippen LogP) is 4.16. The van der Waals surface area contributed by atoms with E-state index in [0.717, 1.165) is 18.7 Å². The summed E-state index contributed by atoms with van der Waals surface area (Å²) in [5.74, 6) is 0. The summed E-state index contributed by atoms with van der Waals surface area (Å²) in [4.78, 5) is 1.35. The van der Waals surface area contributed by atoms with Crippen molar-refractivity contribution in [3.05, 3.63) is 45.1 Å². The number of hydrogen-bond donors (Lipinski definition) is 2. The van der Waals surface area contributed by atoms with Gasteiger partial charge in [-0.3, -0.25) is 0 Å². The van der Waals surface area contributed by atoms with Crippen LogP contribution in [0.1, 0.15) is 17.4 Å². The molecular weight excluding hydrogens is 252 g/mol. The van der Waals surface area contributed by atoms with Gasteiger partial charge in [-0.25, -0.2) is 0 Å². The summed E-state index contributed by atoms with van der Waals surface area (Å²) in [5.41, 5.74) is 8.80. The largest absolute Gasteiger partial charge is 0.396 e. The molecule has 1 aromatic carbocycles. The Labute approximate surface area is 110 Å². The quantitative estimate of drug-likeness (QED) is 0.816. The minimum Gasteiger partial charge on any atom is -0.396 e. The van der Waals surface area contributed by atoms with Gasteiger partial charge in [0.25, 0.3) is 0 Å². The van der Waals surface area contributed by atoms with E-state index < -0.39 is 0 Å². The van der Waals surface area contributed by atoms with Crippen molar-refractivity contribution < 1.29 is 0 Å². The van der Waals surface area contributed by atoms with Gasteiger partial charge in [0.05, 0.1) is 16.4 Å². The van der Waals surface area contributed by atoms with Crippen molar-refractivity contribution in [2.45, 2.75) is 19.9 Å². The van der Waals surface area contributed by atoms with E-state index in [1.807, 2.05) is 12.1 Å². The first-order valence-electron chi connectivity index (χ1n) is 5.55. The molecule has 2 nitrogen and oxygen atoms in total. The second-order valence-electron chi connectivity index (χ2n) is 3.78. The molecule has 0 radical (unpaired) electrons. The number of hydrogen-bond acceptors (Lipinski definition) is 3. The van der Waals surface area contributed by atoms with E-state index in [1.54, 1.807) is 17.4 Å². The molecule has 0 spiro atoms. The van der Waals surface area contributed by atoms with E-state index >= 15 is 0 Å². The van der Waals surface area contributed by atoms with Gasteiger partial charge in [-0.15, -0.1) is 11.3 Å². The summed E-state index contributed by atoms with van der Waals surface area (Å²) in [6.45, 7) is 2.96. The number of rotatable bonds is 4. The summed E-state index contributed by atoms with van der Waals surface area (Å²) in [5, 5.41) is 6.05. The summed E-state index contributed by atoms with van der Waals surface area (Å²) in [6, 6.07) is 7.81. The van der Waals surface area contributed by atoms with Crippen molar-refractivity contribution in [2.24, 2.45) is 0 Å². The summed E-state index contributed by atoms with van der Waals surface area (Å²) < 4.78 is 0. The third-order valence-electron chi connectivity index (χ3n) is 2.71. The molecule has 0 aliphatic carbocycles. The van der Waals surface area contributed by atoms with E-state index in [-0.39, 0.29) is 0 Å². The lowest BCUT2D eigenvalue weighted by Gasteiger charge is -2.10. The lowest BCUT2D eigenvalue weighted by molar-refractivity contribution is 1.08. The van der Waals surface area contributed by atoms with Gasteiger partial charge >= 0.3 is 0 Å². The molecule has 0 amide bonds. The molecular formula is C13H15ClN2S. The van der Waals surface area contributed by atoms with Gasteiger partial charge in [-0.05, 0) is 35.6 Å². The first-order chi connectivity index (χ1) is 8.22. The molecule has 0 saturated carbocycles. The Bertz CT molecular complexity index is 508. The number of anilines is 2. The van der Waals surface area contributed by atoms with Crippen LogP contribution < -0.4 is 11.1 Å². The zero-order valence-electron chi connectivity index (χ0n) is 9.66. The maximum Gasteiger partial charge on any atom is 0.0739 e. The Balaban J connectivity index is 2.10. The standard InChI is InChI=1S/C13H15ClN2S/c1-2-9-6-7-17-12(9)8-16-11-5-3-4-10(14)13(11)15/h3-7,16H,2,8,15H2,1H3. The van der Waals surface area contributed by atoms with E-state index in [2.05, 4.69) is 23.7 Å². The highest BCUT2D eigenvalue weighted by molar-refractivity contribution is 7.10. The van der Waals surface area contributed by atoms with Crippen molar-refractivity contribution in [3.8, 4) is 0 Å². The Hall–Kier alpha value is -1.19. The maximum absolute atomic E-state index is 5.97. The topological polar surface area (TPSA) is 38.0 Å². The number of para-hydroxylation sites is 1. The van der Waals surface area contributed by atoms with Crippen LogP contribution in [0.25, 0.3) is 0 Å². The Morgan fingerprint density at radius 1 is 1.35 bits per heavy atom. The van der Waals surface area contributed by atoms with Crippen molar-refractivity contribution in [1.82, 2.24) is 0 Å². The zero-order chi connectivity index (χ0) is 12.3. The average molecular weight is 267 g/mol. The van der Waals surface area contributed by atoms with Crippen LogP contribution in [0.3, 0.4) is 0 Å². The van der Waals surface area contributed by atoms with E-state index in [9.17, 15) is 0 Å². The molecule has 4 heteroatoms. The third kappa shape index (κ3) is 2.73. The van der Waals surface area contributed by atoms with Gasteiger partial charge < -0.3 is 11.1 Å². The minimum atomic E-state index is 0.594. The van der Waals surface area contributed by atoms with Gasteiger partial charge in [0, 0.05) is 11.4 Å². The van der Waals surface area contributed by atoms with Crippen LogP contribution in [0, 0.1) is 0 Å². The summed E-state index contributed by atoms with van der Waals surface area (Å²) >= 11 is 7.74. The molecule has 0 aliphatic heterocycles. The van der Waals surface area contributed by atoms with Crippen molar-refractivity contribution >= 4 is 34.3 Å². The molecule has 0 bridgehead atoms. The smallest absolute Gasteiger partial charge is 0.0739 e. The Kier molecular flexibility index (Phi) is 3.92. The van der Waals surface area contributed by atoms with E-state index in [4.69, 9.17) is 17.3 Å². The van der Waals surface area contributed by atoms with Crippen molar-refractivity contribution in [3.63, 3.8) is 0 Å². The normalized spacial score (nSPS) is 10.5. The molecule has 2 aromatic rings. The fourth-order valence-corrected chi connectivity index (χ4v) is 2.79. The SMILES string of the molecule is CCc1ccsc1CNc1cccc(Cl)c1N. The van der Waals surface area contributed by atoms with Crippen LogP contribution in [-0.2, 0) is 13.0 Å². The Morgan fingerprint density at radius 3 is 2.94 bits per heavy atom. The maximum atomic E-state index is 5.97. The number of halogens is 1. The molecule has 2 rings (SSSR count). The number of nitrogen functional groups attached to an aromatic ring is 1. The van der Waals surface area contributed by atoms with E-state index in [0.29, 0.717) is 10.7 Å². The molecule has 0 aliphatic rings. The second-order valence-corrected chi connectivity index (χ2v) is 5.19. The monoisotopic (exact) mass is 266 g/mol. The number of thiophene rings is 1. The fraction of sp³-hybridized carbons (Fsp3) is 0.231. The Morgan fingerprint density at radius 2 is 2.18 bits per heavy atom. The van der Waals surface area contributed by atoms with Gasteiger partial charge in [0.2, 0.25) is 0 Å². The molecule has 3 N–H and O–H groups in total. The predicted molar refractivity (Wildman–Crippen MR) is 76.9 cm³/mol. The average Bonchev–Trinajstić information content (AvgIpc) is 2.78. The molecule has 0 saturated heterocycles. The lowest BCUT2D eigenvalue weighted by atomic mass is 10.2. The van der Waals surface area contributed by atoms with Crippen LogP contribution in [0.5, 0.6) is 0 Å². The van der Waals surface area contributed by atoms with Crippen LogP contribution >= 0.6 is 22.9 Å². The third-order valence-corrected chi connectivity index (χ3v) is 4.00. The molecule has 1 heterocycles. The van der Waals surface area contributed by atoms with Gasteiger partial charge in [-0.2, -0.15) is 0 Å². The highest BCUT2D eigenvalue weighted by Gasteiger charge is 2.05. The molecule has 0 fully saturated rings. The van der Waals surface area contributed by atoms with Crippen molar-refractivity contribution in [1.29, 1.82) is 0 Å². The van der Waals surface area contributed by atoms with Crippen LogP contribution in [0.15, 0.2) is 29.6 Å². The molecule has 90 valence electrons. The van der Waals surface area contributed by atoms with Gasteiger partial charge in [-0.1, -0.05) is 24.6 Å². The van der Waals surface area contributed by atoms with Crippen LogP contribution in [0.2, 0.25) is 5.02 Å².